The third-order valence-corrected chi connectivity index (χ3v) is 4.79. The zero-order valence-corrected chi connectivity index (χ0v) is 18.1. The quantitative estimate of drug-likeness (QED) is 0.234. The fourth-order valence-corrected chi connectivity index (χ4v) is 3.08. The first-order chi connectivity index (χ1) is 16.7. The highest BCUT2D eigenvalue weighted by Gasteiger charge is 2.14. The largest absolute Gasteiger partial charge is 0.207 e. The molecule has 6 heteroatoms. The van der Waals surface area contributed by atoms with E-state index in [1.54, 1.807) is 36.7 Å². The second-order valence-electron chi connectivity index (χ2n) is 7.22. The van der Waals surface area contributed by atoms with Gasteiger partial charge in [-0.1, -0.05) is 84.9 Å². The molecule has 0 aromatic heterocycles. The van der Waals surface area contributed by atoms with Gasteiger partial charge in [0.05, 0.1) is 12.4 Å². The summed E-state index contributed by atoms with van der Waals surface area (Å²) in [6.45, 7) is 0. The summed E-state index contributed by atoms with van der Waals surface area (Å²) < 4.78 is 26.4. The Balaban J connectivity index is 1.76. The summed E-state index contributed by atoms with van der Waals surface area (Å²) in [6.07, 6.45) is 3.10. The molecular formula is C28H20F2N4. The van der Waals surface area contributed by atoms with Crippen LogP contribution in [0.1, 0.15) is 22.3 Å². The number of halogens is 2. The minimum absolute atomic E-state index is 0.317. The lowest BCUT2D eigenvalue weighted by Crippen LogP contribution is -2.17. The molecule has 166 valence electrons. The van der Waals surface area contributed by atoms with Crippen LogP contribution in [0.2, 0.25) is 0 Å². The molecule has 0 aliphatic rings. The van der Waals surface area contributed by atoms with Crippen LogP contribution in [0, 0.1) is 11.6 Å². The van der Waals surface area contributed by atoms with E-state index in [1.807, 2.05) is 60.7 Å². The Morgan fingerprint density at radius 2 is 0.824 bits per heavy atom. The van der Waals surface area contributed by atoms with Crippen LogP contribution in [-0.4, -0.2) is 23.9 Å². The van der Waals surface area contributed by atoms with E-state index >= 15 is 0 Å². The van der Waals surface area contributed by atoms with E-state index in [9.17, 15) is 8.78 Å². The first kappa shape index (κ1) is 22.6. The van der Waals surface area contributed by atoms with Crippen LogP contribution in [0.5, 0.6) is 0 Å². The molecule has 0 aliphatic heterocycles. The molecule has 0 amide bonds. The Hall–Kier alpha value is -4.58. The highest BCUT2D eigenvalue weighted by Crippen LogP contribution is 2.12. The van der Waals surface area contributed by atoms with Gasteiger partial charge in [-0.3, -0.25) is 0 Å². The van der Waals surface area contributed by atoms with Crippen molar-refractivity contribution in [1.29, 1.82) is 0 Å². The molecule has 0 fully saturated rings. The van der Waals surface area contributed by atoms with Crippen molar-refractivity contribution < 1.29 is 8.78 Å². The van der Waals surface area contributed by atoms with Crippen molar-refractivity contribution in [3.8, 4) is 0 Å². The molecule has 0 saturated heterocycles. The molecule has 0 unspecified atom stereocenters. The average Bonchev–Trinajstić information content (AvgIpc) is 2.88. The van der Waals surface area contributed by atoms with E-state index < -0.39 is 0 Å². The maximum atomic E-state index is 13.2. The first-order valence-corrected chi connectivity index (χ1v) is 10.5. The molecule has 4 aromatic rings. The fourth-order valence-electron chi connectivity index (χ4n) is 3.08. The van der Waals surface area contributed by atoms with Crippen molar-refractivity contribution >= 4 is 23.9 Å². The predicted molar refractivity (Wildman–Crippen MR) is 134 cm³/mol. The van der Waals surface area contributed by atoms with Crippen LogP contribution in [0.25, 0.3) is 0 Å². The first-order valence-electron chi connectivity index (χ1n) is 10.5. The Morgan fingerprint density at radius 3 is 1.18 bits per heavy atom. The van der Waals surface area contributed by atoms with E-state index in [0.29, 0.717) is 22.6 Å². The van der Waals surface area contributed by atoms with Crippen LogP contribution in [0.3, 0.4) is 0 Å². The molecule has 34 heavy (non-hydrogen) atoms. The average molecular weight is 450 g/mol. The molecule has 0 spiro atoms. The van der Waals surface area contributed by atoms with Gasteiger partial charge in [-0.25, -0.2) is 8.78 Å². The van der Waals surface area contributed by atoms with Crippen molar-refractivity contribution in [2.75, 3.05) is 0 Å². The maximum Gasteiger partial charge on any atom is 0.123 e. The summed E-state index contributed by atoms with van der Waals surface area (Å²) in [4.78, 5) is 0. The number of rotatable bonds is 7. The molecular weight excluding hydrogens is 430 g/mol. The van der Waals surface area contributed by atoms with Gasteiger partial charge in [-0.15, -0.1) is 10.2 Å². The minimum Gasteiger partial charge on any atom is -0.207 e. The van der Waals surface area contributed by atoms with Gasteiger partial charge in [0.2, 0.25) is 0 Å². The lowest BCUT2D eigenvalue weighted by molar-refractivity contribution is 0.627. The summed E-state index contributed by atoms with van der Waals surface area (Å²) in [5, 5.41) is 17.4. The van der Waals surface area contributed by atoms with Crippen molar-refractivity contribution in [2.45, 2.75) is 0 Å². The number of nitrogens with zero attached hydrogens (tertiary/aromatic N) is 4. The van der Waals surface area contributed by atoms with Gasteiger partial charge in [0.1, 0.15) is 23.1 Å². The third-order valence-electron chi connectivity index (χ3n) is 4.79. The lowest BCUT2D eigenvalue weighted by atomic mass is 10.00. The van der Waals surface area contributed by atoms with E-state index in [-0.39, 0.29) is 11.6 Å². The molecule has 4 rings (SSSR count). The van der Waals surface area contributed by atoms with Crippen molar-refractivity contribution in [3.63, 3.8) is 0 Å². The van der Waals surface area contributed by atoms with Gasteiger partial charge in [0.15, 0.2) is 0 Å². The number of hydrogen-bond acceptors (Lipinski definition) is 4. The highest BCUT2D eigenvalue weighted by molar-refractivity contribution is 6.53. The highest BCUT2D eigenvalue weighted by atomic mass is 19.1. The van der Waals surface area contributed by atoms with Crippen molar-refractivity contribution in [1.82, 2.24) is 0 Å². The molecule has 0 radical (unpaired) electrons. The topological polar surface area (TPSA) is 49.4 Å². The maximum absolute atomic E-state index is 13.2. The molecule has 4 aromatic carbocycles. The third kappa shape index (κ3) is 6.23. The SMILES string of the molecule is Fc1ccc(/C=N/N=C(/C(=N/N=C/c2ccc(F)cc2)c2ccccc2)c2ccccc2)cc1. The van der Waals surface area contributed by atoms with Crippen molar-refractivity contribution in [3.05, 3.63) is 143 Å². The second-order valence-corrected chi connectivity index (χ2v) is 7.22. The van der Waals surface area contributed by atoms with E-state index in [1.165, 1.54) is 24.3 Å². The van der Waals surface area contributed by atoms with Crippen LogP contribution in [0.15, 0.2) is 130 Å². The molecule has 0 N–H and O–H groups in total. The zero-order chi connectivity index (χ0) is 23.6. The van der Waals surface area contributed by atoms with E-state index in [4.69, 9.17) is 0 Å². The smallest absolute Gasteiger partial charge is 0.123 e. The van der Waals surface area contributed by atoms with E-state index in [2.05, 4.69) is 20.4 Å². The zero-order valence-electron chi connectivity index (χ0n) is 18.1. The summed E-state index contributed by atoms with van der Waals surface area (Å²) in [6, 6.07) is 31.0. The van der Waals surface area contributed by atoms with Gasteiger partial charge >= 0.3 is 0 Å². The summed E-state index contributed by atoms with van der Waals surface area (Å²) in [5.41, 5.74) is 4.06. The lowest BCUT2D eigenvalue weighted by Gasteiger charge is -2.08. The molecule has 0 atom stereocenters. The molecule has 0 bridgehead atoms. The molecule has 0 saturated carbocycles. The molecule has 0 aliphatic carbocycles. The fraction of sp³-hybridized carbons (Fsp3) is 0. The normalized spacial score (nSPS) is 12.5. The standard InChI is InChI=1S/C28H20F2N4/c29-25-15-11-21(12-16-25)19-31-33-27(23-7-3-1-4-8-23)28(24-9-5-2-6-10-24)34-32-20-22-13-17-26(30)18-14-22/h1-20H/b31-19+,32-20+,33-27+,34-28+. The number of hydrogen-bond donors (Lipinski definition) is 0. The van der Waals surface area contributed by atoms with E-state index in [0.717, 1.165) is 11.1 Å². The Kier molecular flexibility index (Phi) is 7.54. The monoisotopic (exact) mass is 450 g/mol. The van der Waals surface area contributed by atoms with Crippen LogP contribution >= 0.6 is 0 Å². The summed E-state index contributed by atoms with van der Waals surface area (Å²) in [7, 11) is 0. The summed E-state index contributed by atoms with van der Waals surface area (Å²) in [5.74, 6) is -0.633. The van der Waals surface area contributed by atoms with Crippen LogP contribution < -0.4 is 0 Å². The Morgan fingerprint density at radius 1 is 0.471 bits per heavy atom. The molecule has 4 nitrogen and oxygen atoms in total. The van der Waals surface area contributed by atoms with Gasteiger partial charge < -0.3 is 0 Å². The van der Waals surface area contributed by atoms with Crippen LogP contribution in [-0.2, 0) is 0 Å². The van der Waals surface area contributed by atoms with Gasteiger partial charge in [-0.2, -0.15) is 10.2 Å². The predicted octanol–water partition coefficient (Wildman–Crippen LogP) is 6.31. The number of benzene rings is 4. The van der Waals surface area contributed by atoms with Crippen LogP contribution in [0.4, 0.5) is 8.78 Å². The molecule has 0 heterocycles. The van der Waals surface area contributed by atoms with Gasteiger partial charge in [0.25, 0.3) is 0 Å². The second kappa shape index (κ2) is 11.3. The Labute approximate surface area is 196 Å². The van der Waals surface area contributed by atoms with Gasteiger partial charge in [-0.05, 0) is 35.4 Å². The van der Waals surface area contributed by atoms with Crippen molar-refractivity contribution in [2.24, 2.45) is 20.4 Å². The summed E-state index contributed by atoms with van der Waals surface area (Å²) >= 11 is 0. The minimum atomic E-state index is -0.317. The van der Waals surface area contributed by atoms with Gasteiger partial charge in [0, 0.05) is 11.1 Å². The Bertz CT molecular complexity index is 1220.